The van der Waals surface area contributed by atoms with Gasteiger partial charge < -0.3 is 5.11 Å². The van der Waals surface area contributed by atoms with E-state index in [9.17, 15) is 13.6 Å². The van der Waals surface area contributed by atoms with Gasteiger partial charge in [0.05, 0.1) is 5.92 Å². The molecule has 0 aliphatic rings. The van der Waals surface area contributed by atoms with E-state index in [0.717, 1.165) is 5.56 Å². The molecule has 0 fully saturated rings. The first-order chi connectivity index (χ1) is 7.00. The van der Waals surface area contributed by atoms with Crippen LogP contribution >= 0.6 is 0 Å². The number of rotatable bonds is 4. The van der Waals surface area contributed by atoms with Gasteiger partial charge in [0, 0.05) is 6.42 Å². The summed E-state index contributed by atoms with van der Waals surface area (Å²) in [5.74, 6) is -2.33. The van der Waals surface area contributed by atoms with Crippen molar-refractivity contribution in [1.29, 1.82) is 0 Å². The van der Waals surface area contributed by atoms with E-state index in [1.807, 2.05) is 0 Å². The van der Waals surface area contributed by atoms with Crippen molar-refractivity contribution in [2.24, 2.45) is 0 Å². The lowest BCUT2D eigenvalue weighted by Gasteiger charge is -2.12. The van der Waals surface area contributed by atoms with E-state index in [2.05, 4.69) is 0 Å². The largest absolute Gasteiger partial charge is 0.481 e. The molecule has 2 nitrogen and oxygen atoms in total. The van der Waals surface area contributed by atoms with Crippen molar-refractivity contribution in [3.63, 3.8) is 0 Å². The molecule has 0 aromatic heterocycles. The normalized spacial score (nSPS) is 12.8. The molecule has 15 heavy (non-hydrogen) atoms. The van der Waals surface area contributed by atoms with Crippen LogP contribution in [0, 0.1) is 6.92 Å². The van der Waals surface area contributed by atoms with Crippen molar-refractivity contribution >= 4 is 5.97 Å². The molecule has 0 spiro atoms. The number of halogens is 2. The summed E-state index contributed by atoms with van der Waals surface area (Å²) in [4.78, 5) is 10.8. The Balaban J connectivity index is 2.94. The summed E-state index contributed by atoms with van der Waals surface area (Å²) in [5.41, 5.74) is 1.30. The fourth-order valence-electron chi connectivity index (χ4n) is 1.44. The highest BCUT2D eigenvalue weighted by Gasteiger charge is 2.23. The third-order valence-electron chi connectivity index (χ3n) is 2.16. The van der Waals surface area contributed by atoms with E-state index in [-0.39, 0.29) is 0 Å². The molecule has 0 saturated carbocycles. The number of carboxylic acids is 1. The maximum Gasteiger partial charge on any atom is 0.311 e. The zero-order valence-corrected chi connectivity index (χ0v) is 8.28. The van der Waals surface area contributed by atoms with Gasteiger partial charge in [0.2, 0.25) is 6.43 Å². The van der Waals surface area contributed by atoms with E-state index in [0.29, 0.717) is 5.56 Å². The van der Waals surface area contributed by atoms with Crippen LogP contribution in [0.5, 0.6) is 0 Å². The molecule has 1 rings (SSSR count). The first-order valence-electron chi connectivity index (χ1n) is 4.58. The average Bonchev–Trinajstić information content (AvgIpc) is 2.13. The lowest BCUT2D eigenvalue weighted by atomic mass is 9.95. The second kappa shape index (κ2) is 4.87. The van der Waals surface area contributed by atoms with Gasteiger partial charge in [-0.25, -0.2) is 8.78 Å². The van der Waals surface area contributed by atoms with Crippen molar-refractivity contribution < 1.29 is 18.7 Å². The van der Waals surface area contributed by atoms with Gasteiger partial charge in [-0.3, -0.25) is 4.79 Å². The molecule has 82 valence electrons. The standard InChI is InChI=1S/C11H12F2O2/c1-7-3-2-4-8(5-7)9(11(14)15)6-10(12)13/h2-5,9-10H,6H2,1H3,(H,14,15). The first-order valence-corrected chi connectivity index (χ1v) is 4.58. The zero-order valence-electron chi connectivity index (χ0n) is 8.28. The second-order valence-corrected chi connectivity index (χ2v) is 3.43. The lowest BCUT2D eigenvalue weighted by Crippen LogP contribution is -2.15. The van der Waals surface area contributed by atoms with Gasteiger partial charge in [0.15, 0.2) is 0 Å². The number of alkyl halides is 2. The van der Waals surface area contributed by atoms with Gasteiger partial charge in [-0.15, -0.1) is 0 Å². The summed E-state index contributed by atoms with van der Waals surface area (Å²) < 4.78 is 24.3. The van der Waals surface area contributed by atoms with Crippen molar-refractivity contribution in [2.75, 3.05) is 0 Å². The van der Waals surface area contributed by atoms with Gasteiger partial charge in [0.25, 0.3) is 0 Å². The molecular weight excluding hydrogens is 202 g/mol. The van der Waals surface area contributed by atoms with Gasteiger partial charge in [-0.1, -0.05) is 29.8 Å². The molecule has 1 N–H and O–H groups in total. The number of hydrogen-bond acceptors (Lipinski definition) is 1. The smallest absolute Gasteiger partial charge is 0.311 e. The van der Waals surface area contributed by atoms with Crippen LogP contribution < -0.4 is 0 Å². The van der Waals surface area contributed by atoms with E-state index >= 15 is 0 Å². The Kier molecular flexibility index (Phi) is 3.77. The van der Waals surface area contributed by atoms with Gasteiger partial charge in [-0.05, 0) is 12.5 Å². The maximum absolute atomic E-state index is 12.2. The molecule has 1 aromatic carbocycles. The minimum Gasteiger partial charge on any atom is -0.481 e. The van der Waals surface area contributed by atoms with E-state index in [4.69, 9.17) is 5.11 Å². The highest BCUT2D eigenvalue weighted by atomic mass is 19.3. The molecule has 4 heteroatoms. The Hall–Kier alpha value is -1.45. The van der Waals surface area contributed by atoms with Gasteiger partial charge in [0.1, 0.15) is 0 Å². The molecule has 0 bridgehead atoms. The molecule has 0 saturated heterocycles. The van der Waals surface area contributed by atoms with Crippen LogP contribution in [0.4, 0.5) is 8.78 Å². The van der Waals surface area contributed by atoms with Crippen LogP contribution in [0.15, 0.2) is 24.3 Å². The summed E-state index contributed by atoms with van der Waals surface area (Å²) >= 11 is 0. The molecule has 1 unspecified atom stereocenters. The number of hydrogen-bond donors (Lipinski definition) is 1. The van der Waals surface area contributed by atoms with E-state index < -0.39 is 24.7 Å². The highest BCUT2D eigenvalue weighted by molar-refractivity contribution is 5.76. The molecule has 1 atom stereocenters. The van der Waals surface area contributed by atoms with Crippen LogP contribution in [0.2, 0.25) is 0 Å². The first kappa shape index (κ1) is 11.6. The zero-order chi connectivity index (χ0) is 11.4. The van der Waals surface area contributed by atoms with Crippen LogP contribution in [-0.4, -0.2) is 17.5 Å². The number of aliphatic carboxylic acids is 1. The lowest BCUT2D eigenvalue weighted by molar-refractivity contribution is -0.139. The average molecular weight is 214 g/mol. The Labute approximate surface area is 86.5 Å². The van der Waals surface area contributed by atoms with Crippen LogP contribution in [0.3, 0.4) is 0 Å². The molecule has 0 radical (unpaired) electrons. The van der Waals surface area contributed by atoms with E-state index in [1.54, 1.807) is 31.2 Å². The number of carbonyl (C=O) groups is 1. The molecule has 0 aliphatic carbocycles. The van der Waals surface area contributed by atoms with Gasteiger partial charge in [-0.2, -0.15) is 0 Å². The molecule has 1 aromatic rings. The summed E-state index contributed by atoms with van der Waals surface area (Å²) in [7, 11) is 0. The fraction of sp³-hybridized carbons (Fsp3) is 0.364. The predicted octanol–water partition coefficient (Wildman–Crippen LogP) is 2.82. The SMILES string of the molecule is Cc1cccc(C(CC(F)F)C(=O)O)c1. The topological polar surface area (TPSA) is 37.3 Å². The van der Waals surface area contributed by atoms with Crippen molar-refractivity contribution in [2.45, 2.75) is 25.7 Å². The number of carboxylic acid groups (broad SMARTS) is 1. The Morgan fingerprint density at radius 1 is 1.47 bits per heavy atom. The Morgan fingerprint density at radius 3 is 2.60 bits per heavy atom. The van der Waals surface area contributed by atoms with Crippen molar-refractivity contribution in [3.05, 3.63) is 35.4 Å². The highest BCUT2D eigenvalue weighted by Crippen LogP contribution is 2.24. The fourth-order valence-corrected chi connectivity index (χ4v) is 1.44. The van der Waals surface area contributed by atoms with Crippen LogP contribution in [0.1, 0.15) is 23.5 Å². The number of aryl methyl sites for hydroxylation is 1. The molecule has 0 amide bonds. The summed E-state index contributed by atoms with van der Waals surface area (Å²) in [6.45, 7) is 1.80. The Morgan fingerprint density at radius 2 is 2.13 bits per heavy atom. The quantitative estimate of drug-likeness (QED) is 0.836. The maximum atomic E-state index is 12.2. The second-order valence-electron chi connectivity index (χ2n) is 3.43. The monoisotopic (exact) mass is 214 g/mol. The Bertz CT molecular complexity index is 350. The van der Waals surface area contributed by atoms with Crippen LogP contribution in [-0.2, 0) is 4.79 Å². The minimum atomic E-state index is -2.60. The summed E-state index contributed by atoms with van der Waals surface area (Å²) in [5, 5.41) is 8.83. The molecule has 0 aliphatic heterocycles. The number of benzene rings is 1. The van der Waals surface area contributed by atoms with Crippen LogP contribution in [0.25, 0.3) is 0 Å². The van der Waals surface area contributed by atoms with Crippen molar-refractivity contribution in [3.8, 4) is 0 Å². The summed E-state index contributed by atoms with van der Waals surface area (Å²) in [6, 6.07) is 6.66. The third-order valence-corrected chi connectivity index (χ3v) is 2.16. The van der Waals surface area contributed by atoms with Gasteiger partial charge >= 0.3 is 5.97 Å². The van der Waals surface area contributed by atoms with E-state index in [1.165, 1.54) is 0 Å². The summed E-state index contributed by atoms with van der Waals surface area (Å²) in [6.07, 6.45) is -3.25. The predicted molar refractivity (Wildman–Crippen MR) is 52.2 cm³/mol. The molecule has 0 heterocycles. The minimum absolute atomic E-state index is 0.433. The third kappa shape index (κ3) is 3.31. The van der Waals surface area contributed by atoms with Crippen molar-refractivity contribution in [1.82, 2.24) is 0 Å². The molecular formula is C11H12F2O2.